The van der Waals surface area contributed by atoms with Crippen molar-refractivity contribution in [2.75, 3.05) is 29.7 Å². The van der Waals surface area contributed by atoms with Crippen LogP contribution in [0.15, 0.2) is 72.8 Å². The number of anilines is 3. The SMILES string of the molecule is COc1cc(OC(=O)Nc2cccc(Cl)c2)ccc1-c1ccc2c(c1COc1cc(F)ccc1C)N(C)C(=O)C(C)(C)N2. The number of methoxy groups -OCH3 is 1. The highest BCUT2D eigenvalue weighted by Crippen LogP contribution is 2.45. The maximum absolute atomic E-state index is 14.1. The van der Waals surface area contributed by atoms with Crippen molar-refractivity contribution in [2.45, 2.75) is 32.9 Å². The van der Waals surface area contributed by atoms with Gasteiger partial charge in [-0.25, -0.2) is 9.18 Å². The van der Waals surface area contributed by atoms with Crippen LogP contribution in [0.4, 0.5) is 26.2 Å². The van der Waals surface area contributed by atoms with E-state index in [4.69, 9.17) is 25.8 Å². The molecule has 0 fully saturated rings. The Kier molecular flexibility index (Phi) is 8.19. The van der Waals surface area contributed by atoms with Gasteiger partial charge in [-0.1, -0.05) is 29.8 Å². The first-order chi connectivity index (χ1) is 20.5. The van der Waals surface area contributed by atoms with E-state index in [9.17, 15) is 14.0 Å². The summed E-state index contributed by atoms with van der Waals surface area (Å²) in [5.41, 5.74) is 3.92. The Labute approximate surface area is 254 Å². The Bertz CT molecular complexity index is 1730. The summed E-state index contributed by atoms with van der Waals surface area (Å²) in [6.07, 6.45) is -0.695. The molecule has 0 atom stereocenters. The number of amides is 2. The fourth-order valence-electron chi connectivity index (χ4n) is 5.08. The molecule has 1 aliphatic heterocycles. The molecule has 0 saturated carbocycles. The number of nitrogens with zero attached hydrogens (tertiary/aromatic N) is 1. The zero-order valence-electron chi connectivity index (χ0n) is 24.4. The summed E-state index contributed by atoms with van der Waals surface area (Å²) in [6, 6.07) is 19.9. The third-order valence-electron chi connectivity index (χ3n) is 7.17. The molecule has 0 spiro atoms. The summed E-state index contributed by atoms with van der Waals surface area (Å²) in [6.45, 7) is 5.50. The highest BCUT2D eigenvalue weighted by atomic mass is 35.5. The predicted molar refractivity (Wildman–Crippen MR) is 166 cm³/mol. The van der Waals surface area contributed by atoms with Crippen LogP contribution >= 0.6 is 11.6 Å². The molecular weight excluding hydrogens is 573 g/mol. The van der Waals surface area contributed by atoms with E-state index in [0.717, 1.165) is 16.8 Å². The van der Waals surface area contributed by atoms with Crippen molar-refractivity contribution < 1.29 is 28.2 Å². The molecule has 0 saturated heterocycles. The number of aryl methyl sites for hydroxylation is 1. The number of likely N-dealkylation sites (N-methyl/N-ethyl adjacent to an activating group) is 1. The van der Waals surface area contributed by atoms with E-state index < -0.39 is 17.4 Å². The molecule has 8 nitrogen and oxygen atoms in total. The molecule has 1 heterocycles. The number of carbonyl (C=O) groups is 2. The van der Waals surface area contributed by atoms with E-state index in [2.05, 4.69) is 10.6 Å². The molecule has 0 aromatic heterocycles. The van der Waals surface area contributed by atoms with E-state index in [1.165, 1.54) is 19.2 Å². The Morgan fingerprint density at radius 2 is 1.79 bits per heavy atom. The third kappa shape index (κ3) is 6.22. The Morgan fingerprint density at radius 1 is 1.02 bits per heavy atom. The molecule has 5 rings (SSSR count). The summed E-state index contributed by atoms with van der Waals surface area (Å²) in [7, 11) is 3.23. The molecule has 2 amide bonds. The van der Waals surface area contributed by atoms with E-state index in [0.29, 0.717) is 39.0 Å². The van der Waals surface area contributed by atoms with Crippen LogP contribution in [0.3, 0.4) is 0 Å². The number of hydrogen-bond acceptors (Lipinski definition) is 6. The van der Waals surface area contributed by atoms with Gasteiger partial charge >= 0.3 is 6.09 Å². The van der Waals surface area contributed by atoms with Gasteiger partial charge in [-0.3, -0.25) is 10.1 Å². The van der Waals surface area contributed by atoms with Crippen molar-refractivity contribution >= 4 is 40.7 Å². The molecule has 0 bridgehead atoms. The quantitative estimate of drug-likeness (QED) is 0.224. The Morgan fingerprint density at radius 3 is 2.53 bits per heavy atom. The normalized spacial score (nSPS) is 13.6. The molecule has 0 unspecified atom stereocenters. The number of fused-ring (bicyclic) bond motifs is 1. The molecular formula is C33H31ClFN3O5. The maximum atomic E-state index is 14.1. The van der Waals surface area contributed by atoms with E-state index in [1.54, 1.807) is 60.5 Å². The lowest BCUT2D eigenvalue weighted by Gasteiger charge is -2.39. The van der Waals surface area contributed by atoms with Gasteiger partial charge in [0.2, 0.25) is 0 Å². The van der Waals surface area contributed by atoms with E-state index in [1.807, 2.05) is 32.9 Å². The van der Waals surface area contributed by atoms with Crippen LogP contribution in [-0.2, 0) is 11.4 Å². The minimum atomic E-state index is -0.817. The lowest BCUT2D eigenvalue weighted by atomic mass is 9.91. The average Bonchev–Trinajstić information content (AvgIpc) is 2.96. The summed E-state index contributed by atoms with van der Waals surface area (Å²) < 4.78 is 31.4. The van der Waals surface area contributed by atoms with Gasteiger partial charge in [0.1, 0.15) is 35.2 Å². The minimum Gasteiger partial charge on any atom is -0.496 e. The second kappa shape index (κ2) is 11.9. The van der Waals surface area contributed by atoms with Gasteiger partial charge < -0.3 is 24.4 Å². The number of rotatable bonds is 7. The minimum absolute atomic E-state index is 0.0337. The number of ether oxygens (including phenoxy) is 3. The van der Waals surface area contributed by atoms with Gasteiger partial charge in [0.25, 0.3) is 5.91 Å². The second-order valence-electron chi connectivity index (χ2n) is 10.7. The number of benzene rings is 4. The fraction of sp³-hybridized carbons (Fsp3) is 0.212. The molecule has 4 aromatic rings. The molecule has 1 aliphatic rings. The number of hydrogen-bond donors (Lipinski definition) is 2. The first kappa shape index (κ1) is 29.7. The van der Waals surface area contributed by atoms with Crippen molar-refractivity contribution in [3.8, 4) is 28.4 Å². The number of halogens is 2. The zero-order valence-corrected chi connectivity index (χ0v) is 25.1. The predicted octanol–water partition coefficient (Wildman–Crippen LogP) is 7.82. The highest BCUT2D eigenvalue weighted by molar-refractivity contribution is 6.30. The van der Waals surface area contributed by atoms with Crippen LogP contribution < -0.4 is 29.7 Å². The molecule has 10 heteroatoms. The number of carbonyl (C=O) groups excluding carboxylic acids is 2. The topological polar surface area (TPSA) is 89.1 Å². The molecule has 0 radical (unpaired) electrons. The van der Waals surface area contributed by atoms with Crippen molar-refractivity contribution in [2.24, 2.45) is 0 Å². The fourth-order valence-corrected chi connectivity index (χ4v) is 5.27. The monoisotopic (exact) mass is 603 g/mol. The summed E-state index contributed by atoms with van der Waals surface area (Å²) in [5.74, 6) is 0.532. The third-order valence-corrected chi connectivity index (χ3v) is 7.41. The largest absolute Gasteiger partial charge is 0.496 e. The van der Waals surface area contributed by atoms with Gasteiger partial charge in [-0.05, 0) is 74.4 Å². The van der Waals surface area contributed by atoms with Gasteiger partial charge in [0.05, 0.1) is 18.5 Å². The molecule has 43 heavy (non-hydrogen) atoms. The second-order valence-corrected chi connectivity index (χ2v) is 11.1. The number of nitrogens with one attached hydrogen (secondary N) is 2. The van der Waals surface area contributed by atoms with Crippen molar-refractivity contribution in [1.29, 1.82) is 0 Å². The van der Waals surface area contributed by atoms with Crippen LogP contribution in [0.5, 0.6) is 17.2 Å². The lowest BCUT2D eigenvalue weighted by Crippen LogP contribution is -2.52. The summed E-state index contributed by atoms with van der Waals surface area (Å²) >= 11 is 6.00. The van der Waals surface area contributed by atoms with Crippen LogP contribution in [-0.4, -0.2) is 31.7 Å². The van der Waals surface area contributed by atoms with Gasteiger partial charge in [-0.15, -0.1) is 0 Å². The molecule has 2 N–H and O–H groups in total. The van der Waals surface area contributed by atoms with Crippen LogP contribution in [0, 0.1) is 12.7 Å². The first-order valence-corrected chi connectivity index (χ1v) is 13.9. The first-order valence-electron chi connectivity index (χ1n) is 13.5. The highest BCUT2D eigenvalue weighted by Gasteiger charge is 2.38. The Balaban J connectivity index is 1.53. The molecule has 0 aliphatic carbocycles. The van der Waals surface area contributed by atoms with Crippen LogP contribution in [0.1, 0.15) is 25.0 Å². The standard InChI is InChI=1S/C33H31ClFN3O5/c1-19-9-10-21(35)16-28(19)42-18-26-24(13-14-27-30(26)38(4)31(39)33(2,3)37-27)25-12-11-23(17-29(25)41-5)43-32(40)36-22-8-6-7-20(34)15-22/h6-17,37H,18H2,1-5H3,(H,36,40). The van der Waals surface area contributed by atoms with Crippen molar-refractivity contribution in [3.05, 3.63) is 94.8 Å². The van der Waals surface area contributed by atoms with Crippen LogP contribution in [0.2, 0.25) is 5.02 Å². The average molecular weight is 604 g/mol. The van der Waals surface area contributed by atoms with Gasteiger partial charge in [0, 0.05) is 41.0 Å². The molecule has 222 valence electrons. The van der Waals surface area contributed by atoms with Crippen molar-refractivity contribution in [3.63, 3.8) is 0 Å². The maximum Gasteiger partial charge on any atom is 0.417 e. The van der Waals surface area contributed by atoms with E-state index >= 15 is 0 Å². The molecule has 4 aromatic carbocycles. The lowest BCUT2D eigenvalue weighted by molar-refractivity contribution is -0.121. The van der Waals surface area contributed by atoms with Gasteiger partial charge in [-0.2, -0.15) is 0 Å². The van der Waals surface area contributed by atoms with E-state index in [-0.39, 0.29) is 18.3 Å². The Hall–Kier alpha value is -4.76. The van der Waals surface area contributed by atoms with Crippen molar-refractivity contribution in [1.82, 2.24) is 0 Å². The summed E-state index contributed by atoms with van der Waals surface area (Å²) in [4.78, 5) is 27.4. The van der Waals surface area contributed by atoms with Crippen LogP contribution in [0.25, 0.3) is 11.1 Å². The smallest absolute Gasteiger partial charge is 0.417 e. The van der Waals surface area contributed by atoms with Gasteiger partial charge in [0.15, 0.2) is 0 Å². The summed E-state index contributed by atoms with van der Waals surface area (Å²) in [5, 5.41) is 6.45. The zero-order chi connectivity index (χ0) is 30.9.